The van der Waals surface area contributed by atoms with Gasteiger partial charge in [-0.1, -0.05) is 18.2 Å². The zero-order valence-corrected chi connectivity index (χ0v) is 14.1. The van der Waals surface area contributed by atoms with Crippen LogP contribution in [0.2, 0.25) is 0 Å². The fourth-order valence-electron chi connectivity index (χ4n) is 3.71. The lowest BCUT2D eigenvalue weighted by atomic mass is 9.77. The number of Topliss-reactive ketones (excluding diaryl/α,β-unsaturated/α-hetero) is 1. The minimum absolute atomic E-state index is 0.0827. The highest BCUT2D eigenvalue weighted by molar-refractivity contribution is 6.22. The second kappa shape index (κ2) is 5.37. The predicted molar refractivity (Wildman–Crippen MR) is 89.4 cm³/mol. The summed E-state index contributed by atoms with van der Waals surface area (Å²) in [7, 11) is 0. The summed E-state index contributed by atoms with van der Waals surface area (Å²) in [5.74, 6) is -1.66. The van der Waals surface area contributed by atoms with Gasteiger partial charge in [0.2, 0.25) is 11.3 Å². The van der Waals surface area contributed by atoms with Gasteiger partial charge < -0.3 is 9.64 Å². The second-order valence-electron chi connectivity index (χ2n) is 6.65. The number of carbonyl (C=O) groups excluding carboxylic acids is 3. The van der Waals surface area contributed by atoms with Crippen LogP contribution >= 0.6 is 0 Å². The number of ketones is 1. The first-order valence-electron chi connectivity index (χ1n) is 8.37. The molecule has 2 aromatic rings. The number of aromatic nitrogens is 1. The van der Waals surface area contributed by atoms with Crippen LogP contribution in [0.15, 0.2) is 30.3 Å². The van der Waals surface area contributed by atoms with Crippen molar-refractivity contribution in [2.75, 3.05) is 6.61 Å². The maximum absolute atomic E-state index is 13.0. The second-order valence-corrected chi connectivity index (χ2v) is 6.65. The van der Waals surface area contributed by atoms with Gasteiger partial charge >= 0.3 is 5.97 Å². The number of ether oxygens (including phenoxy) is 1. The summed E-state index contributed by atoms with van der Waals surface area (Å²) >= 11 is 0. The first-order chi connectivity index (χ1) is 12.0. The fraction of sp³-hybridized carbons (Fsp3) is 0.368. The summed E-state index contributed by atoms with van der Waals surface area (Å²) in [6.07, 6.45) is 0.0827. The Morgan fingerprint density at radius 1 is 1.36 bits per heavy atom. The van der Waals surface area contributed by atoms with E-state index < -0.39 is 29.1 Å². The maximum atomic E-state index is 13.0. The van der Waals surface area contributed by atoms with Gasteiger partial charge in [-0.05, 0) is 31.5 Å². The SMILES string of the molecule is CCOC(=O)[C@@]1(C)C(=O)C[C@@H]2c3nc4ccccc4cc3CN2C1=O. The quantitative estimate of drug-likeness (QED) is 0.619. The normalized spacial score (nSPS) is 25.0. The largest absolute Gasteiger partial charge is 0.465 e. The molecule has 4 rings (SSSR count). The molecule has 0 radical (unpaired) electrons. The first-order valence-corrected chi connectivity index (χ1v) is 8.37. The number of fused-ring (bicyclic) bond motifs is 4. The van der Waals surface area contributed by atoms with E-state index in [0.717, 1.165) is 22.2 Å². The number of benzene rings is 1. The summed E-state index contributed by atoms with van der Waals surface area (Å²) in [5, 5.41) is 0.994. The number of hydrogen-bond acceptors (Lipinski definition) is 5. The Morgan fingerprint density at radius 3 is 2.88 bits per heavy atom. The number of piperidine rings is 1. The predicted octanol–water partition coefficient (Wildman–Crippen LogP) is 2.16. The molecule has 0 bridgehead atoms. The van der Waals surface area contributed by atoms with Crippen molar-refractivity contribution in [2.45, 2.75) is 32.9 Å². The van der Waals surface area contributed by atoms with Crippen molar-refractivity contribution < 1.29 is 19.1 Å². The average Bonchev–Trinajstić information content (AvgIpc) is 2.95. The molecule has 25 heavy (non-hydrogen) atoms. The molecule has 2 atom stereocenters. The Hall–Kier alpha value is -2.76. The Labute approximate surface area is 144 Å². The van der Waals surface area contributed by atoms with Crippen molar-refractivity contribution in [2.24, 2.45) is 5.41 Å². The zero-order chi connectivity index (χ0) is 17.8. The van der Waals surface area contributed by atoms with Crippen LogP contribution in [0.3, 0.4) is 0 Å². The highest BCUT2D eigenvalue weighted by atomic mass is 16.5. The van der Waals surface area contributed by atoms with E-state index in [0.29, 0.717) is 6.54 Å². The molecule has 2 aliphatic rings. The Balaban J connectivity index is 1.76. The molecule has 0 saturated carbocycles. The summed E-state index contributed by atoms with van der Waals surface area (Å²) in [4.78, 5) is 44.2. The minimum Gasteiger partial charge on any atom is -0.465 e. The van der Waals surface area contributed by atoms with Gasteiger partial charge in [0.25, 0.3) is 0 Å². The van der Waals surface area contributed by atoms with E-state index in [4.69, 9.17) is 4.74 Å². The van der Waals surface area contributed by atoms with Crippen molar-refractivity contribution >= 4 is 28.6 Å². The molecule has 0 unspecified atom stereocenters. The molecule has 1 fully saturated rings. The molecule has 2 aliphatic heterocycles. The topological polar surface area (TPSA) is 76.6 Å². The van der Waals surface area contributed by atoms with Crippen LogP contribution in [0.5, 0.6) is 0 Å². The number of para-hydroxylation sites is 1. The van der Waals surface area contributed by atoms with Crippen LogP contribution in [0.1, 0.15) is 37.6 Å². The summed E-state index contributed by atoms with van der Waals surface area (Å²) in [5.41, 5.74) is 0.763. The van der Waals surface area contributed by atoms with Crippen molar-refractivity contribution in [1.29, 1.82) is 0 Å². The number of hydrogen-bond donors (Lipinski definition) is 0. The molecule has 1 aromatic carbocycles. The maximum Gasteiger partial charge on any atom is 0.329 e. The molecule has 1 saturated heterocycles. The van der Waals surface area contributed by atoms with Crippen molar-refractivity contribution in [1.82, 2.24) is 9.88 Å². The van der Waals surface area contributed by atoms with Gasteiger partial charge in [-0.25, -0.2) is 0 Å². The van der Waals surface area contributed by atoms with Crippen LogP contribution in [-0.4, -0.2) is 34.2 Å². The smallest absolute Gasteiger partial charge is 0.329 e. The number of nitrogens with zero attached hydrogens (tertiary/aromatic N) is 2. The third-order valence-corrected chi connectivity index (χ3v) is 5.18. The summed E-state index contributed by atoms with van der Waals surface area (Å²) < 4.78 is 4.99. The zero-order valence-electron chi connectivity index (χ0n) is 14.1. The van der Waals surface area contributed by atoms with E-state index in [1.165, 1.54) is 6.92 Å². The van der Waals surface area contributed by atoms with Gasteiger partial charge in [-0.3, -0.25) is 19.4 Å². The highest BCUT2D eigenvalue weighted by Crippen LogP contribution is 2.45. The molecule has 1 aromatic heterocycles. The van der Waals surface area contributed by atoms with Gasteiger partial charge in [0.1, 0.15) is 0 Å². The molecule has 128 valence electrons. The van der Waals surface area contributed by atoms with E-state index in [1.54, 1.807) is 11.8 Å². The average molecular weight is 338 g/mol. The van der Waals surface area contributed by atoms with E-state index in [1.807, 2.05) is 30.3 Å². The van der Waals surface area contributed by atoms with Crippen LogP contribution in [0.4, 0.5) is 0 Å². The molecule has 0 spiro atoms. The van der Waals surface area contributed by atoms with Gasteiger partial charge in [0.05, 0.1) is 23.9 Å². The number of amides is 1. The number of carbonyl (C=O) groups is 3. The highest BCUT2D eigenvalue weighted by Gasteiger charge is 2.58. The van der Waals surface area contributed by atoms with Gasteiger partial charge in [-0.15, -0.1) is 0 Å². The number of pyridine rings is 1. The van der Waals surface area contributed by atoms with Crippen LogP contribution < -0.4 is 0 Å². The first kappa shape index (κ1) is 15.7. The molecule has 3 heterocycles. The molecular formula is C19H18N2O4. The Morgan fingerprint density at radius 2 is 2.12 bits per heavy atom. The van der Waals surface area contributed by atoms with Crippen LogP contribution in [0, 0.1) is 5.41 Å². The number of esters is 1. The van der Waals surface area contributed by atoms with Crippen molar-refractivity contribution in [3.63, 3.8) is 0 Å². The monoisotopic (exact) mass is 338 g/mol. The molecule has 1 amide bonds. The third-order valence-electron chi connectivity index (χ3n) is 5.18. The lowest BCUT2D eigenvalue weighted by molar-refractivity contribution is -0.172. The fourth-order valence-corrected chi connectivity index (χ4v) is 3.71. The molecule has 0 aliphatic carbocycles. The lowest BCUT2D eigenvalue weighted by Crippen LogP contribution is -2.56. The lowest BCUT2D eigenvalue weighted by Gasteiger charge is -2.38. The van der Waals surface area contributed by atoms with Gasteiger partial charge in [0, 0.05) is 18.4 Å². The van der Waals surface area contributed by atoms with Crippen molar-refractivity contribution in [3.8, 4) is 0 Å². The number of rotatable bonds is 2. The molecular weight excluding hydrogens is 320 g/mol. The van der Waals surface area contributed by atoms with E-state index in [2.05, 4.69) is 4.98 Å². The van der Waals surface area contributed by atoms with Gasteiger partial charge in [-0.2, -0.15) is 0 Å². The van der Waals surface area contributed by atoms with E-state index in [9.17, 15) is 14.4 Å². The Kier molecular flexibility index (Phi) is 3.39. The third kappa shape index (κ3) is 2.10. The summed E-state index contributed by atoms with van der Waals surface area (Å²) in [6.45, 7) is 3.52. The minimum atomic E-state index is -1.76. The Bertz CT molecular complexity index is 923. The van der Waals surface area contributed by atoms with Crippen molar-refractivity contribution in [3.05, 3.63) is 41.6 Å². The van der Waals surface area contributed by atoms with Crippen LogP contribution in [0.25, 0.3) is 10.9 Å². The summed E-state index contributed by atoms with van der Waals surface area (Å²) in [6, 6.07) is 9.33. The van der Waals surface area contributed by atoms with E-state index >= 15 is 0 Å². The van der Waals surface area contributed by atoms with Crippen LogP contribution in [-0.2, 0) is 25.7 Å². The molecule has 0 N–H and O–H groups in total. The van der Waals surface area contributed by atoms with Gasteiger partial charge in [0.15, 0.2) is 5.78 Å². The molecule has 6 heteroatoms. The van der Waals surface area contributed by atoms with E-state index in [-0.39, 0.29) is 13.0 Å². The molecule has 6 nitrogen and oxygen atoms in total. The standard InChI is InChI=1S/C19H18N2O4/c1-3-25-18(24)19(2)15(22)9-14-16-12(10-21(14)17(19)23)8-11-6-4-5-7-13(11)20-16/h4-8,14H,3,9-10H2,1-2H3/t14-,19+/m1/s1.